The van der Waals surface area contributed by atoms with E-state index in [0.29, 0.717) is 23.9 Å². The van der Waals surface area contributed by atoms with Crippen molar-refractivity contribution >= 4 is 17.5 Å². The zero-order chi connectivity index (χ0) is 12.3. The van der Waals surface area contributed by atoms with Crippen LogP contribution in [0.1, 0.15) is 30.3 Å². The lowest BCUT2D eigenvalue weighted by molar-refractivity contribution is 0.00706. The molecule has 1 N–H and O–H groups in total. The lowest BCUT2D eigenvalue weighted by Crippen LogP contribution is -2.43. The van der Waals surface area contributed by atoms with E-state index in [9.17, 15) is 4.79 Å². The first kappa shape index (κ1) is 12.5. The van der Waals surface area contributed by atoms with Crippen molar-refractivity contribution in [2.75, 3.05) is 19.7 Å². The summed E-state index contributed by atoms with van der Waals surface area (Å²) in [4.78, 5) is 16.9. The summed E-state index contributed by atoms with van der Waals surface area (Å²) in [6.45, 7) is 4.13. The Hall–Kier alpha value is -1.00. The van der Waals surface area contributed by atoms with E-state index in [1.807, 2.05) is 11.8 Å². The van der Waals surface area contributed by atoms with E-state index in [4.69, 9.17) is 16.3 Å². The van der Waals surface area contributed by atoms with E-state index in [0.717, 1.165) is 19.4 Å². The topological polar surface area (TPSA) is 45.3 Å². The standard InChI is InChI=1S/C12H17ClN2O2/c1-2-17-10-4-3-5-15(8-10)12(16)11-6-9(13)7-14-11/h6-7,10,14H,2-5,8H2,1H3. The van der Waals surface area contributed by atoms with Crippen LogP contribution in [0.15, 0.2) is 12.3 Å². The van der Waals surface area contributed by atoms with Gasteiger partial charge in [0.15, 0.2) is 0 Å². The number of ether oxygens (including phenoxy) is 1. The van der Waals surface area contributed by atoms with Crippen LogP contribution in [0, 0.1) is 0 Å². The van der Waals surface area contributed by atoms with Crippen LogP contribution < -0.4 is 0 Å². The average Bonchev–Trinajstić information content (AvgIpc) is 2.76. The minimum atomic E-state index is 0.00121. The first-order valence-corrected chi connectivity index (χ1v) is 6.33. The number of carbonyl (C=O) groups is 1. The molecule has 0 aliphatic carbocycles. The summed E-state index contributed by atoms with van der Waals surface area (Å²) in [5.74, 6) is 0.00121. The normalized spacial score (nSPS) is 20.6. The zero-order valence-corrected chi connectivity index (χ0v) is 10.7. The molecule has 1 aliphatic heterocycles. The van der Waals surface area contributed by atoms with Gasteiger partial charge in [-0.3, -0.25) is 4.79 Å². The molecular weight excluding hydrogens is 240 g/mol. The number of hydrogen-bond acceptors (Lipinski definition) is 2. The first-order valence-electron chi connectivity index (χ1n) is 5.95. The molecule has 0 bridgehead atoms. The lowest BCUT2D eigenvalue weighted by atomic mass is 10.1. The largest absolute Gasteiger partial charge is 0.377 e. The van der Waals surface area contributed by atoms with Crippen molar-refractivity contribution in [2.45, 2.75) is 25.9 Å². The number of nitrogens with one attached hydrogen (secondary N) is 1. The van der Waals surface area contributed by atoms with Crippen molar-refractivity contribution in [2.24, 2.45) is 0 Å². The molecule has 1 amide bonds. The number of halogens is 1. The maximum absolute atomic E-state index is 12.1. The highest BCUT2D eigenvalue weighted by Crippen LogP contribution is 2.17. The Labute approximate surface area is 106 Å². The minimum absolute atomic E-state index is 0.00121. The van der Waals surface area contributed by atoms with Gasteiger partial charge in [0.1, 0.15) is 5.69 Å². The van der Waals surface area contributed by atoms with Crippen LogP contribution in [-0.4, -0.2) is 41.6 Å². The van der Waals surface area contributed by atoms with Crippen LogP contribution >= 0.6 is 11.6 Å². The molecule has 94 valence electrons. The minimum Gasteiger partial charge on any atom is -0.377 e. The Kier molecular flexibility index (Phi) is 4.07. The van der Waals surface area contributed by atoms with Crippen LogP contribution in [0.4, 0.5) is 0 Å². The Balaban J connectivity index is 1.99. The molecule has 0 aromatic carbocycles. The average molecular weight is 257 g/mol. The van der Waals surface area contributed by atoms with Gasteiger partial charge in [0.2, 0.25) is 0 Å². The number of nitrogens with zero attached hydrogens (tertiary/aromatic N) is 1. The molecule has 1 aromatic heterocycles. The fourth-order valence-corrected chi connectivity index (χ4v) is 2.32. The molecule has 4 nitrogen and oxygen atoms in total. The third-order valence-corrected chi connectivity index (χ3v) is 3.16. The molecule has 1 saturated heterocycles. The van der Waals surface area contributed by atoms with Crippen molar-refractivity contribution < 1.29 is 9.53 Å². The van der Waals surface area contributed by atoms with E-state index < -0.39 is 0 Å². The van der Waals surface area contributed by atoms with Crippen LogP contribution in [0.5, 0.6) is 0 Å². The van der Waals surface area contributed by atoms with Gasteiger partial charge in [-0.1, -0.05) is 11.6 Å². The summed E-state index contributed by atoms with van der Waals surface area (Å²) in [6, 6.07) is 1.66. The van der Waals surface area contributed by atoms with Crippen molar-refractivity contribution in [3.05, 3.63) is 23.0 Å². The first-order chi connectivity index (χ1) is 8.20. The number of aromatic amines is 1. The van der Waals surface area contributed by atoms with Crippen molar-refractivity contribution in [1.29, 1.82) is 0 Å². The SMILES string of the molecule is CCOC1CCCN(C(=O)c2cc(Cl)c[nH]2)C1. The summed E-state index contributed by atoms with van der Waals surface area (Å²) in [5, 5.41) is 0.562. The molecule has 5 heteroatoms. The van der Waals surface area contributed by atoms with E-state index >= 15 is 0 Å². The second-order valence-electron chi connectivity index (χ2n) is 4.20. The predicted octanol–water partition coefficient (Wildman–Crippen LogP) is 2.31. The van der Waals surface area contributed by atoms with Gasteiger partial charge in [0, 0.05) is 25.9 Å². The van der Waals surface area contributed by atoms with Crippen molar-refractivity contribution in [1.82, 2.24) is 9.88 Å². The molecule has 1 atom stereocenters. The second-order valence-corrected chi connectivity index (χ2v) is 4.64. The zero-order valence-electron chi connectivity index (χ0n) is 9.91. The third-order valence-electron chi connectivity index (χ3n) is 2.95. The maximum Gasteiger partial charge on any atom is 0.270 e. The molecule has 1 aliphatic rings. The number of piperidine rings is 1. The van der Waals surface area contributed by atoms with Gasteiger partial charge in [-0.15, -0.1) is 0 Å². The fourth-order valence-electron chi connectivity index (χ4n) is 2.16. The molecule has 2 rings (SSSR count). The number of amides is 1. The lowest BCUT2D eigenvalue weighted by Gasteiger charge is -2.32. The summed E-state index contributed by atoms with van der Waals surface area (Å²) < 4.78 is 5.57. The third kappa shape index (κ3) is 3.01. The molecule has 1 unspecified atom stereocenters. The van der Waals surface area contributed by atoms with Crippen LogP contribution in [0.25, 0.3) is 0 Å². The van der Waals surface area contributed by atoms with Gasteiger partial charge in [-0.25, -0.2) is 0 Å². The molecule has 2 heterocycles. The number of rotatable bonds is 3. The van der Waals surface area contributed by atoms with Gasteiger partial charge < -0.3 is 14.6 Å². The van der Waals surface area contributed by atoms with E-state index in [2.05, 4.69) is 4.98 Å². The Morgan fingerprint density at radius 2 is 2.53 bits per heavy atom. The Morgan fingerprint density at radius 3 is 3.18 bits per heavy atom. The smallest absolute Gasteiger partial charge is 0.270 e. The molecule has 0 spiro atoms. The number of aromatic nitrogens is 1. The second kappa shape index (κ2) is 5.56. The fraction of sp³-hybridized carbons (Fsp3) is 0.583. The van der Waals surface area contributed by atoms with Gasteiger partial charge in [-0.05, 0) is 25.8 Å². The van der Waals surface area contributed by atoms with Crippen LogP contribution in [0.3, 0.4) is 0 Å². The number of hydrogen-bond donors (Lipinski definition) is 1. The number of H-pyrrole nitrogens is 1. The van der Waals surface area contributed by atoms with Gasteiger partial charge in [-0.2, -0.15) is 0 Å². The van der Waals surface area contributed by atoms with Crippen LogP contribution in [-0.2, 0) is 4.74 Å². The maximum atomic E-state index is 12.1. The van der Waals surface area contributed by atoms with E-state index in [-0.39, 0.29) is 12.0 Å². The summed E-state index contributed by atoms with van der Waals surface area (Å²) >= 11 is 5.80. The molecule has 0 radical (unpaired) electrons. The van der Waals surface area contributed by atoms with E-state index in [1.54, 1.807) is 12.3 Å². The molecule has 0 saturated carbocycles. The van der Waals surface area contributed by atoms with Crippen molar-refractivity contribution in [3.8, 4) is 0 Å². The Morgan fingerprint density at radius 1 is 1.71 bits per heavy atom. The van der Waals surface area contributed by atoms with Crippen molar-refractivity contribution in [3.63, 3.8) is 0 Å². The quantitative estimate of drug-likeness (QED) is 0.902. The Bertz CT molecular complexity index is 390. The monoisotopic (exact) mass is 256 g/mol. The molecule has 1 aromatic rings. The summed E-state index contributed by atoms with van der Waals surface area (Å²) in [5.41, 5.74) is 0.548. The number of likely N-dealkylation sites (tertiary alicyclic amines) is 1. The van der Waals surface area contributed by atoms with Gasteiger partial charge >= 0.3 is 0 Å². The predicted molar refractivity (Wildman–Crippen MR) is 66.4 cm³/mol. The highest BCUT2D eigenvalue weighted by atomic mass is 35.5. The highest BCUT2D eigenvalue weighted by molar-refractivity contribution is 6.30. The van der Waals surface area contributed by atoms with E-state index in [1.165, 1.54) is 0 Å². The summed E-state index contributed by atoms with van der Waals surface area (Å²) in [6.07, 6.45) is 3.82. The molecule has 1 fully saturated rings. The van der Waals surface area contributed by atoms with Gasteiger partial charge in [0.05, 0.1) is 11.1 Å². The van der Waals surface area contributed by atoms with Gasteiger partial charge in [0.25, 0.3) is 5.91 Å². The van der Waals surface area contributed by atoms with Crippen LogP contribution in [0.2, 0.25) is 5.02 Å². The summed E-state index contributed by atoms with van der Waals surface area (Å²) in [7, 11) is 0. The highest BCUT2D eigenvalue weighted by Gasteiger charge is 2.25. The molecule has 17 heavy (non-hydrogen) atoms. The molecular formula is C12H17ClN2O2. The number of carbonyl (C=O) groups excluding carboxylic acids is 1.